The first-order chi connectivity index (χ1) is 8.69. The van der Waals surface area contributed by atoms with Crippen molar-refractivity contribution in [3.05, 3.63) is 47.2 Å². The number of nitrogens with two attached hydrogens (primary N) is 1. The van der Waals surface area contributed by atoms with Crippen molar-refractivity contribution in [3.8, 4) is 5.75 Å². The van der Waals surface area contributed by atoms with E-state index in [2.05, 4.69) is 10.5 Å². The van der Waals surface area contributed by atoms with Crippen LogP contribution in [0.1, 0.15) is 11.6 Å². The van der Waals surface area contributed by atoms with Gasteiger partial charge < -0.3 is 4.74 Å². The van der Waals surface area contributed by atoms with E-state index in [0.29, 0.717) is 11.6 Å². The van der Waals surface area contributed by atoms with E-state index in [9.17, 15) is 0 Å². The molecule has 0 bridgehead atoms. The van der Waals surface area contributed by atoms with E-state index >= 15 is 0 Å². The molecule has 0 saturated carbocycles. The van der Waals surface area contributed by atoms with Crippen LogP contribution in [0.4, 0.5) is 0 Å². The maximum absolute atomic E-state index is 5.80. The van der Waals surface area contributed by atoms with Crippen LogP contribution in [0.2, 0.25) is 5.02 Å². The Kier molecular flexibility index (Phi) is 4.19. The summed E-state index contributed by atoms with van der Waals surface area (Å²) < 4.78 is 7.36. The van der Waals surface area contributed by atoms with Crippen molar-refractivity contribution in [1.29, 1.82) is 0 Å². The SMILES string of the molecule is Cn1cc(C(COc2ccc(Cl)cc2)NN)cn1. The molecule has 0 saturated heterocycles. The molecule has 3 N–H and O–H groups in total. The fourth-order valence-corrected chi connectivity index (χ4v) is 1.70. The number of aromatic nitrogens is 2. The third-order valence-corrected chi connectivity index (χ3v) is 2.81. The molecule has 18 heavy (non-hydrogen) atoms. The Hall–Kier alpha value is -1.56. The van der Waals surface area contributed by atoms with E-state index in [1.165, 1.54) is 0 Å². The first kappa shape index (κ1) is 12.9. The number of ether oxygens (including phenoxy) is 1. The molecule has 2 aromatic rings. The van der Waals surface area contributed by atoms with Crippen molar-refractivity contribution in [3.63, 3.8) is 0 Å². The normalized spacial score (nSPS) is 12.4. The Morgan fingerprint density at radius 2 is 2.17 bits per heavy atom. The lowest BCUT2D eigenvalue weighted by molar-refractivity contribution is 0.267. The topological polar surface area (TPSA) is 65.1 Å². The van der Waals surface area contributed by atoms with Gasteiger partial charge in [0.25, 0.3) is 0 Å². The van der Waals surface area contributed by atoms with Gasteiger partial charge >= 0.3 is 0 Å². The second-order valence-corrected chi connectivity index (χ2v) is 4.37. The molecule has 0 aliphatic rings. The molecule has 0 fully saturated rings. The molecule has 0 aliphatic heterocycles. The van der Waals surface area contributed by atoms with Crippen molar-refractivity contribution in [1.82, 2.24) is 15.2 Å². The largest absolute Gasteiger partial charge is 0.492 e. The lowest BCUT2D eigenvalue weighted by Crippen LogP contribution is -2.32. The zero-order valence-electron chi connectivity index (χ0n) is 10.0. The summed E-state index contributed by atoms with van der Waals surface area (Å²) in [5.74, 6) is 6.27. The number of hydrogen-bond acceptors (Lipinski definition) is 4. The maximum Gasteiger partial charge on any atom is 0.119 e. The van der Waals surface area contributed by atoms with Gasteiger partial charge in [-0.05, 0) is 24.3 Å². The minimum Gasteiger partial charge on any atom is -0.492 e. The fraction of sp³-hybridized carbons (Fsp3) is 0.250. The van der Waals surface area contributed by atoms with Gasteiger partial charge in [-0.2, -0.15) is 5.10 Å². The Labute approximate surface area is 110 Å². The molecular weight excluding hydrogens is 252 g/mol. The molecule has 1 aromatic heterocycles. The molecule has 6 heteroatoms. The predicted molar refractivity (Wildman–Crippen MR) is 70.2 cm³/mol. The molecule has 0 aliphatic carbocycles. The lowest BCUT2D eigenvalue weighted by atomic mass is 10.2. The van der Waals surface area contributed by atoms with Gasteiger partial charge in [0.1, 0.15) is 12.4 Å². The molecule has 0 radical (unpaired) electrons. The molecule has 1 aromatic carbocycles. The summed E-state index contributed by atoms with van der Waals surface area (Å²) >= 11 is 5.80. The lowest BCUT2D eigenvalue weighted by Gasteiger charge is -2.15. The highest BCUT2D eigenvalue weighted by Gasteiger charge is 2.12. The third kappa shape index (κ3) is 3.22. The van der Waals surface area contributed by atoms with Gasteiger partial charge in [0.15, 0.2) is 0 Å². The molecule has 1 unspecified atom stereocenters. The van der Waals surface area contributed by atoms with Crippen LogP contribution in [0.15, 0.2) is 36.7 Å². The second kappa shape index (κ2) is 5.86. The third-order valence-electron chi connectivity index (χ3n) is 2.56. The van der Waals surface area contributed by atoms with E-state index < -0.39 is 0 Å². The zero-order chi connectivity index (χ0) is 13.0. The van der Waals surface area contributed by atoms with Crippen LogP contribution in [0.5, 0.6) is 5.75 Å². The van der Waals surface area contributed by atoms with Gasteiger partial charge in [0.2, 0.25) is 0 Å². The first-order valence-corrected chi connectivity index (χ1v) is 5.90. The second-order valence-electron chi connectivity index (χ2n) is 3.93. The number of halogens is 1. The highest BCUT2D eigenvalue weighted by Crippen LogP contribution is 2.18. The van der Waals surface area contributed by atoms with Crippen molar-refractivity contribution in [2.75, 3.05) is 6.61 Å². The molecule has 2 rings (SSSR count). The molecule has 96 valence electrons. The number of hydrogen-bond donors (Lipinski definition) is 2. The van der Waals surface area contributed by atoms with Crippen molar-refractivity contribution < 1.29 is 4.74 Å². The van der Waals surface area contributed by atoms with Gasteiger partial charge in [0.05, 0.1) is 12.2 Å². The summed E-state index contributed by atoms with van der Waals surface area (Å²) in [7, 11) is 1.86. The van der Waals surface area contributed by atoms with E-state index in [1.54, 1.807) is 23.0 Å². The summed E-state index contributed by atoms with van der Waals surface area (Å²) in [6.45, 7) is 0.420. The van der Waals surface area contributed by atoms with Gasteiger partial charge in [-0.3, -0.25) is 10.5 Å². The number of benzene rings is 1. The molecule has 0 spiro atoms. The van der Waals surface area contributed by atoms with Crippen LogP contribution in [0.3, 0.4) is 0 Å². The van der Waals surface area contributed by atoms with Crippen molar-refractivity contribution in [2.24, 2.45) is 12.9 Å². The van der Waals surface area contributed by atoms with Gasteiger partial charge in [-0.15, -0.1) is 0 Å². The Bertz CT molecular complexity index is 497. The smallest absolute Gasteiger partial charge is 0.119 e. The van der Waals surface area contributed by atoms with E-state index in [4.69, 9.17) is 22.2 Å². The zero-order valence-corrected chi connectivity index (χ0v) is 10.8. The summed E-state index contributed by atoms with van der Waals surface area (Å²) in [5, 5.41) is 4.78. The van der Waals surface area contributed by atoms with E-state index in [1.807, 2.05) is 25.4 Å². The molecule has 0 amide bonds. The molecule has 5 nitrogen and oxygen atoms in total. The average molecular weight is 267 g/mol. The van der Waals surface area contributed by atoms with Gasteiger partial charge in [-0.25, -0.2) is 5.43 Å². The maximum atomic E-state index is 5.80. The Balaban J connectivity index is 1.97. The average Bonchev–Trinajstić information content (AvgIpc) is 2.79. The predicted octanol–water partition coefficient (Wildman–Crippen LogP) is 1.66. The summed E-state index contributed by atoms with van der Waals surface area (Å²) in [5.41, 5.74) is 3.69. The minimum atomic E-state index is -0.102. The Morgan fingerprint density at radius 3 is 2.72 bits per heavy atom. The van der Waals surface area contributed by atoms with Crippen LogP contribution in [0, 0.1) is 0 Å². The number of nitrogens with zero attached hydrogens (tertiary/aromatic N) is 2. The van der Waals surface area contributed by atoms with Gasteiger partial charge in [0, 0.05) is 23.8 Å². The van der Waals surface area contributed by atoms with Crippen molar-refractivity contribution >= 4 is 11.6 Å². The monoisotopic (exact) mass is 266 g/mol. The summed E-state index contributed by atoms with van der Waals surface area (Å²) in [6, 6.07) is 7.10. The van der Waals surface area contributed by atoms with Crippen LogP contribution in [-0.4, -0.2) is 16.4 Å². The number of hydrazine groups is 1. The van der Waals surface area contributed by atoms with Crippen LogP contribution in [-0.2, 0) is 7.05 Å². The molecule has 1 heterocycles. The van der Waals surface area contributed by atoms with Crippen LogP contribution >= 0.6 is 11.6 Å². The van der Waals surface area contributed by atoms with Gasteiger partial charge in [-0.1, -0.05) is 11.6 Å². The first-order valence-electron chi connectivity index (χ1n) is 5.52. The fourth-order valence-electron chi connectivity index (χ4n) is 1.57. The summed E-state index contributed by atoms with van der Waals surface area (Å²) in [4.78, 5) is 0. The highest BCUT2D eigenvalue weighted by atomic mass is 35.5. The summed E-state index contributed by atoms with van der Waals surface area (Å²) in [6.07, 6.45) is 3.66. The Morgan fingerprint density at radius 1 is 1.44 bits per heavy atom. The number of rotatable bonds is 5. The molecule has 1 atom stereocenters. The quantitative estimate of drug-likeness (QED) is 0.638. The van der Waals surface area contributed by atoms with E-state index in [-0.39, 0.29) is 6.04 Å². The molecular formula is C12H15ClN4O. The number of nitrogens with one attached hydrogen (secondary N) is 1. The van der Waals surface area contributed by atoms with Crippen LogP contribution < -0.4 is 16.0 Å². The van der Waals surface area contributed by atoms with E-state index in [0.717, 1.165) is 11.3 Å². The number of aryl methyl sites for hydroxylation is 1. The van der Waals surface area contributed by atoms with Crippen molar-refractivity contribution in [2.45, 2.75) is 6.04 Å². The highest BCUT2D eigenvalue weighted by molar-refractivity contribution is 6.30. The standard InChI is InChI=1S/C12H15ClN4O/c1-17-7-9(6-15-17)12(16-14)8-18-11-4-2-10(13)3-5-11/h2-7,12,16H,8,14H2,1H3. The minimum absolute atomic E-state index is 0.102. The van der Waals surface area contributed by atoms with Crippen LogP contribution in [0.25, 0.3) is 0 Å².